The number of carbonyl (C=O) groups is 1. The van der Waals surface area contributed by atoms with Crippen LogP contribution in [0.1, 0.15) is 43.2 Å². The van der Waals surface area contributed by atoms with Gasteiger partial charge in [0.05, 0.1) is 23.2 Å². The third kappa shape index (κ3) is 3.68. The van der Waals surface area contributed by atoms with E-state index in [1.807, 2.05) is 6.92 Å². The highest BCUT2D eigenvalue weighted by atomic mass is 79.9. The summed E-state index contributed by atoms with van der Waals surface area (Å²) in [6.45, 7) is 4.97. The van der Waals surface area contributed by atoms with E-state index in [0.717, 1.165) is 21.2 Å². The predicted octanol–water partition coefficient (Wildman–Crippen LogP) is 6.21. The van der Waals surface area contributed by atoms with Gasteiger partial charge in [-0.25, -0.2) is 0 Å². The van der Waals surface area contributed by atoms with E-state index in [0.29, 0.717) is 25.5 Å². The monoisotopic (exact) mass is 425 g/mol. The topological polar surface area (TPSA) is 31.2 Å². The van der Waals surface area contributed by atoms with Crippen molar-refractivity contribution in [3.8, 4) is 11.3 Å². The first kappa shape index (κ1) is 18.3. The number of aromatic nitrogens is 1. The smallest absolute Gasteiger partial charge is 0.307 e. The molecule has 1 saturated carbocycles. The molecule has 2 aromatic carbocycles. The van der Waals surface area contributed by atoms with E-state index in [1.54, 1.807) is 0 Å². The molecule has 140 valence electrons. The van der Waals surface area contributed by atoms with Crippen LogP contribution in [0.3, 0.4) is 0 Å². The summed E-state index contributed by atoms with van der Waals surface area (Å²) in [4.78, 5) is 12.0. The van der Waals surface area contributed by atoms with Crippen LogP contribution in [0, 0.1) is 6.92 Å². The summed E-state index contributed by atoms with van der Waals surface area (Å²) in [5, 5.41) is 1.22. The van der Waals surface area contributed by atoms with Gasteiger partial charge in [-0.2, -0.15) is 0 Å². The molecule has 0 atom stereocenters. The second kappa shape index (κ2) is 7.51. The van der Waals surface area contributed by atoms with Crippen LogP contribution in [0.25, 0.3) is 22.2 Å². The van der Waals surface area contributed by atoms with Gasteiger partial charge in [-0.15, -0.1) is 0 Å². The lowest BCUT2D eigenvalue weighted by Gasteiger charge is -2.12. The van der Waals surface area contributed by atoms with Crippen molar-refractivity contribution in [1.82, 2.24) is 4.57 Å². The number of esters is 1. The van der Waals surface area contributed by atoms with E-state index in [2.05, 4.69) is 69.9 Å². The molecule has 1 heterocycles. The molecular formula is C23H24BrNO2. The van der Waals surface area contributed by atoms with Gasteiger partial charge in [0.2, 0.25) is 0 Å². The molecule has 0 unspecified atom stereocenters. The summed E-state index contributed by atoms with van der Waals surface area (Å²) in [5.41, 5.74) is 6.09. The van der Waals surface area contributed by atoms with Crippen LogP contribution in [-0.2, 0) is 16.1 Å². The van der Waals surface area contributed by atoms with Gasteiger partial charge in [-0.1, -0.05) is 29.8 Å². The van der Waals surface area contributed by atoms with Crippen LogP contribution in [-0.4, -0.2) is 17.1 Å². The summed E-state index contributed by atoms with van der Waals surface area (Å²) in [7, 11) is 0. The minimum absolute atomic E-state index is 0.153. The third-order valence-electron chi connectivity index (χ3n) is 5.21. The number of benzene rings is 2. The largest absolute Gasteiger partial charge is 0.466 e. The van der Waals surface area contributed by atoms with Gasteiger partial charge in [0.25, 0.3) is 0 Å². The van der Waals surface area contributed by atoms with Gasteiger partial charge in [-0.3, -0.25) is 4.79 Å². The first-order chi connectivity index (χ1) is 13.1. The maximum Gasteiger partial charge on any atom is 0.307 e. The lowest BCUT2D eigenvalue weighted by Crippen LogP contribution is -2.09. The number of aryl methyl sites for hydroxylation is 2. The number of nitrogens with zero attached hydrogens (tertiary/aromatic N) is 1. The number of hydrogen-bond acceptors (Lipinski definition) is 2. The number of ether oxygens (including phenoxy) is 1. The van der Waals surface area contributed by atoms with Gasteiger partial charge in [-0.05, 0) is 77.9 Å². The molecule has 1 aliphatic rings. The highest BCUT2D eigenvalue weighted by Gasteiger charge is 2.25. The lowest BCUT2D eigenvalue weighted by atomic mass is 10.1. The fourth-order valence-electron chi connectivity index (χ4n) is 3.75. The van der Waals surface area contributed by atoms with Crippen LogP contribution < -0.4 is 0 Å². The van der Waals surface area contributed by atoms with Crippen LogP contribution >= 0.6 is 15.9 Å². The zero-order valence-electron chi connectivity index (χ0n) is 15.8. The molecule has 1 aromatic heterocycles. The van der Waals surface area contributed by atoms with E-state index in [-0.39, 0.29) is 5.97 Å². The molecule has 0 aliphatic heterocycles. The van der Waals surface area contributed by atoms with Crippen molar-refractivity contribution < 1.29 is 9.53 Å². The Labute approximate surface area is 168 Å². The quantitative estimate of drug-likeness (QED) is 0.439. The van der Waals surface area contributed by atoms with Crippen molar-refractivity contribution in [3.63, 3.8) is 0 Å². The SMILES string of the molecule is CCOC(=O)CCn1c(-c2cccc(C)c2)c(Br)c2cc(C3CC3)ccc21. The van der Waals surface area contributed by atoms with Crippen LogP contribution in [0.15, 0.2) is 46.9 Å². The Kier molecular flexibility index (Phi) is 5.09. The molecule has 0 saturated heterocycles. The molecule has 0 radical (unpaired) electrons. The van der Waals surface area contributed by atoms with Crippen LogP contribution in [0.2, 0.25) is 0 Å². The molecule has 1 fully saturated rings. The van der Waals surface area contributed by atoms with E-state index in [4.69, 9.17) is 4.74 Å². The minimum atomic E-state index is -0.153. The molecule has 4 heteroatoms. The highest BCUT2D eigenvalue weighted by molar-refractivity contribution is 9.10. The molecule has 0 bridgehead atoms. The van der Waals surface area contributed by atoms with E-state index < -0.39 is 0 Å². The van der Waals surface area contributed by atoms with Gasteiger partial charge in [0, 0.05) is 17.4 Å². The molecule has 0 spiro atoms. The molecule has 4 rings (SSSR count). The van der Waals surface area contributed by atoms with Crippen LogP contribution in [0.4, 0.5) is 0 Å². The summed E-state index contributed by atoms with van der Waals surface area (Å²) in [5.74, 6) is 0.562. The Balaban J connectivity index is 1.83. The van der Waals surface area contributed by atoms with Crippen LogP contribution in [0.5, 0.6) is 0 Å². The van der Waals surface area contributed by atoms with Crippen molar-refractivity contribution in [2.75, 3.05) is 6.61 Å². The van der Waals surface area contributed by atoms with E-state index in [9.17, 15) is 4.79 Å². The molecule has 3 nitrogen and oxygen atoms in total. The number of hydrogen-bond donors (Lipinski definition) is 0. The first-order valence-corrected chi connectivity index (χ1v) is 10.4. The third-order valence-corrected chi connectivity index (χ3v) is 6.01. The van der Waals surface area contributed by atoms with Gasteiger partial charge >= 0.3 is 5.97 Å². The van der Waals surface area contributed by atoms with Gasteiger partial charge in [0.1, 0.15) is 0 Å². The second-order valence-corrected chi connectivity index (χ2v) is 8.08. The standard InChI is InChI=1S/C23H24BrNO2/c1-3-27-21(26)11-12-25-20-10-9-17(16-7-8-16)14-19(20)22(24)23(25)18-6-4-5-15(2)13-18/h4-6,9-10,13-14,16H,3,7-8,11-12H2,1-2H3. The average molecular weight is 426 g/mol. The summed E-state index contributed by atoms with van der Waals surface area (Å²) >= 11 is 3.87. The first-order valence-electron chi connectivity index (χ1n) is 9.62. The molecule has 27 heavy (non-hydrogen) atoms. The zero-order chi connectivity index (χ0) is 19.0. The Morgan fingerprint density at radius 3 is 2.74 bits per heavy atom. The van der Waals surface area contributed by atoms with Crippen molar-refractivity contribution in [3.05, 3.63) is 58.1 Å². The molecule has 3 aromatic rings. The summed E-state index contributed by atoms with van der Waals surface area (Å²) in [6.07, 6.45) is 2.95. The van der Waals surface area contributed by atoms with Gasteiger partial charge < -0.3 is 9.30 Å². The average Bonchev–Trinajstić information content (AvgIpc) is 3.46. The van der Waals surface area contributed by atoms with E-state index >= 15 is 0 Å². The normalized spacial score (nSPS) is 13.9. The van der Waals surface area contributed by atoms with Crippen molar-refractivity contribution in [1.29, 1.82) is 0 Å². The summed E-state index contributed by atoms with van der Waals surface area (Å²) < 4.78 is 8.50. The number of rotatable bonds is 6. The second-order valence-electron chi connectivity index (χ2n) is 7.29. The zero-order valence-corrected chi connectivity index (χ0v) is 17.4. The maximum atomic E-state index is 12.0. The lowest BCUT2D eigenvalue weighted by molar-refractivity contribution is -0.143. The number of carbonyl (C=O) groups excluding carboxylic acids is 1. The minimum Gasteiger partial charge on any atom is -0.466 e. The van der Waals surface area contributed by atoms with Crippen molar-refractivity contribution in [2.24, 2.45) is 0 Å². The highest BCUT2D eigenvalue weighted by Crippen LogP contribution is 2.44. The number of halogens is 1. The fourth-order valence-corrected chi connectivity index (χ4v) is 4.51. The van der Waals surface area contributed by atoms with E-state index in [1.165, 1.54) is 29.4 Å². The molecular weight excluding hydrogens is 402 g/mol. The number of fused-ring (bicyclic) bond motifs is 1. The van der Waals surface area contributed by atoms with Crippen molar-refractivity contribution in [2.45, 2.75) is 45.6 Å². The maximum absolute atomic E-state index is 12.0. The Hall–Kier alpha value is -2.07. The molecule has 1 aliphatic carbocycles. The summed E-state index contributed by atoms with van der Waals surface area (Å²) in [6, 6.07) is 15.3. The molecule has 0 N–H and O–H groups in total. The Morgan fingerprint density at radius 1 is 1.22 bits per heavy atom. The predicted molar refractivity (Wildman–Crippen MR) is 113 cm³/mol. The Bertz CT molecular complexity index is 1000. The fraction of sp³-hybridized carbons (Fsp3) is 0.348. The Morgan fingerprint density at radius 2 is 2.04 bits per heavy atom. The van der Waals surface area contributed by atoms with Gasteiger partial charge in [0.15, 0.2) is 0 Å². The van der Waals surface area contributed by atoms with Crippen molar-refractivity contribution >= 4 is 32.8 Å². The molecule has 0 amide bonds.